The van der Waals surface area contributed by atoms with Gasteiger partial charge < -0.3 is 10.5 Å². The molecule has 1 aromatic rings. The fourth-order valence-corrected chi connectivity index (χ4v) is 3.09. The van der Waals surface area contributed by atoms with E-state index >= 15 is 0 Å². The molecule has 1 saturated carbocycles. The first-order valence-corrected chi connectivity index (χ1v) is 7.17. The van der Waals surface area contributed by atoms with Crippen LogP contribution in [0.5, 0.6) is 5.75 Å². The van der Waals surface area contributed by atoms with Gasteiger partial charge in [-0.1, -0.05) is 12.8 Å². The van der Waals surface area contributed by atoms with E-state index < -0.39 is 35.3 Å². The lowest BCUT2D eigenvalue weighted by molar-refractivity contribution is -0.143. The van der Waals surface area contributed by atoms with Crippen LogP contribution in [0.25, 0.3) is 0 Å². The van der Waals surface area contributed by atoms with Crippen molar-refractivity contribution in [3.8, 4) is 5.75 Å². The van der Waals surface area contributed by atoms with Crippen LogP contribution < -0.4 is 10.5 Å². The Morgan fingerprint density at radius 2 is 1.58 bits per heavy atom. The van der Waals surface area contributed by atoms with Crippen molar-refractivity contribution in [2.75, 3.05) is 7.11 Å². The van der Waals surface area contributed by atoms with E-state index in [0.29, 0.717) is 18.9 Å². The average molecular weight is 378 g/mol. The van der Waals surface area contributed by atoms with Crippen molar-refractivity contribution in [1.82, 2.24) is 0 Å². The van der Waals surface area contributed by atoms with Crippen LogP contribution in [-0.2, 0) is 12.4 Å². The lowest BCUT2D eigenvalue weighted by Gasteiger charge is -2.26. The molecule has 0 bridgehead atoms. The van der Waals surface area contributed by atoms with Crippen LogP contribution in [0.1, 0.15) is 48.4 Å². The molecule has 0 aromatic heterocycles. The summed E-state index contributed by atoms with van der Waals surface area (Å²) < 4.78 is 83.3. The van der Waals surface area contributed by atoms with Gasteiger partial charge in [0.2, 0.25) is 0 Å². The highest BCUT2D eigenvalue weighted by Crippen LogP contribution is 2.46. The quantitative estimate of drug-likeness (QED) is 0.721. The Morgan fingerprint density at radius 1 is 1.04 bits per heavy atom. The molecule has 1 aliphatic rings. The molecule has 138 valence electrons. The van der Waals surface area contributed by atoms with Crippen molar-refractivity contribution in [2.45, 2.75) is 44.1 Å². The number of alkyl halides is 6. The monoisotopic (exact) mass is 377 g/mol. The standard InChI is InChI=1S/C15H17F6NO.ClH/c1-23-11-7-9(14(16,17)18)6-10(15(19,20)21)12(11)13(22)8-4-2-3-5-8;/h6-8,13H,2-5,22H2,1H3;1H/t13-;/m0./s1. The van der Waals surface area contributed by atoms with Gasteiger partial charge in [0.15, 0.2) is 0 Å². The van der Waals surface area contributed by atoms with Crippen molar-refractivity contribution >= 4 is 12.4 Å². The second-order valence-corrected chi connectivity index (χ2v) is 5.71. The topological polar surface area (TPSA) is 35.2 Å². The molecule has 0 saturated heterocycles. The number of ether oxygens (including phenoxy) is 1. The lowest BCUT2D eigenvalue weighted by atomic mass is 9.87. The molecule has 2 nitrogen and oxygen atoms in total. The minimum atomic E-state index is -4.94. The normalized spacial score (nSPS) is 17.5. The molecule has 0 radical (unpaired) electrons. The predicted octanol–water partition coefficient (Wildman–Crippen LogP) is 5.34. The first-order valence-electron chi connectivity index (χ1n) is 7.17. The largest absolute Gasteiger partial charge is 0.496 e. The lowest BCUT2D eigenvalue weighted by Crippen LogP contribution is -2.25. The Kier molecular flexibility index (Phi) is 6.43. The SMILES string of the molecule is COc1cc(C(F)(F)F)cc(C(F)(F)F)c1[C@@H](N)C1CCCC1.Cl. The summed E-state index contributed by atoms with van der Waals surface area (Å²) >= 11 is 0. The smallest absolute Gasteiger partial charge is 0.416 e. The third kappa shape index (κ3) is 4.27. The van der Waals surface area contributed by atoms with E-state index in [9.17, 15) is 26.3 Å². The van der Waals surface area contributed by atoms with Crippen LogP contribution >= 0.6 is 12.4 Å². The Balaban J connectivity index is 0.00000288. The number of nitrogens with two attached hydrogens (primary N) is 1. The van der Waals surface area contributed by atoms with Gasteiger partial charge in [0, 0.05) is 11.6 Å². The van der Waals surface area contributed by atoms with Crippen LogP contribution in [0.2, 0.25) is 0 Å². The van der Waals surface area contributed by atoms with Gasteiger partial charge in [-0.05, 0) is 30.9 Å². The number of hydrogen-bond donors (Lipinski definition) is 1. The second kappa shape index (κ2) is 7.39. The Hall–Kier alpha value is -1.15. The van der Waals surface area contributed by atoms with Crippen LogP contribution in [0.4, 0.5) is 26.3 Å². The molecule has 0 aliphatic heterocycles. The van der Waals surface area contributed by atoms with E-state index in [-0.39, 0.29) is 30.0 Å². The summed E-state index contributed by atoms with van der Waals surface area (Å²) in [7, 11) is 1.04. The molecule has 1 fully saturated rings. The molecule has 0 amide bonds. The number of hydrogen-bond acceptors (Lipinski definition) is 2. The van der Waals surface area contributed by atoms with Crippen LogP contribution in [0.15, 0.2) is 12.1 Å². The Morgan fingerprint density at radius 3 is 2.00 bits per heavy atom. The molecular formula is C15H18ClF6NO. The van der Waals surface area contributed by atoms with Gasteiger partial charge in [0.1, 0.15) is 5.75 Å². The zero-order valence-corrected chi connectivity index (χ0v) is 13.6. The molecule has 2 N–H and O–H groups in total. The average Bonchev–Trinajstić information content (AvgIpc) is 2.97. The van der Waals surface area contributed by atoms with Crippen LogP contribution in [0, 0.1) is 5.92 Å². The highest BCUT2D eigenvalue weighted by molar-refractivity contribution is 5.85. The van der Waals surface area contributed by atoms with Crippen LogP contribution in [-0.4, -0.2) is 7.11 Å². The first kappa shape index (κ1) is 20.9. The van der Waals surface area contributed by atoms with Crippen molar-refractivity contribution in [1.29, 1.82) is 0 Å². The molecular weight excluding hydrogens is 360 g/mol. The van der Waals surface area contributed by atoms with E-state index in [1.54, 1.807) is 0 Å². The third-order valence-corrected chi connectivity index (χ3v) is 4.24. The fraction of sp³-hybridized carbons (Fsp3) is 0.600. The minimum absolute atomic E-state index is 0. The van der Waals surface area contributed by atoms with Gasteiger partial charge >= 0.3 is 12.4 Å². The molecule has 24 heavy (non-hydrogen) atoms. The summed E-state index contributed by atoms with van der Waals surface area (Å²) in [5, 5.41) is 0. The minimum Gasteiger partial charge on any atom is -0.496 e. The number of rotatable bonds is 3. The molecule has 0 unspecified atom stereocenters. The number of benzene rings is 1. The van der Waals surface area contributed by atoms with Gasteiger partial charge in [0.05, 0.1) is 18.2 Å². The van der Waals surface area contributed by atoms with Gasteiger partial charge in [-0.2, -0.15) is 26.3 Å². The van der Waals surface area contributed by atoms with E-state index in [2.05, 4.69) is 0 Å². The second-order valence-electron chi connectivity index (χ2n) is 5.71. The summed E-state index contributed by atoms with van der Waals surface area (Å²) in [5.74, 6) is -0.659. The molecule has 0 spiro atoms. The molecule has 9 heteroatoms. The predicted molar refractivity (Wildman–Crippen MR) is 79.1 cm³/mol. The van der Waals surface area contributed by atoms with Crippen molar-refractivity contribution in [2.24, 2.45) is 11.7 Å². The van der Waals surface area contributed by atoms with E-state index in [4.69, 9.17) is 10.5 Å². The van der Waals surface area contributed by atoms with E-state index in [0.717, 1.165) is 20.0 Å². The molecule has 1 atom stereocenters. The molecule has 0 heterocycles. The summed E-state index contributed by atoms with van der Waals surface area (Å²) in [5.41, 5.74) is 2.81. The summed E-state index contributed by atoms with van der Waals surface area (Å²) in [6.07, 6.45) is -6.83. The highest BCUT2D eigenvalue weighted by atomic mass is 35.5. The highest BCUT2D eigenvalue weighted by Gasteiger charge is 2.42. The molecule has 1 aliphatic carbocycles. The zero-order valence-electron chi connectivity index (χ0n) is 12.8. The van der Waals surface area contributed by atoms with Gasteiger partial charge in [-0.25, -0.2) is 0 Å². The van der Waals surface area contributed by atoms with Crippen molar-refractivity contribution in [3.05, 3.63) is 28.8 Å². The zero-order chi connectivity index (χ0) is 17.4. The van der Waals surface area contributed by atoms with E-state index in [1.807, 2.05) is 0 Å². The van der Waals surface area contributed by atoms with E-state index in [1.165, 1.54) is 0 Å². The van der Waals surface area contributed by atoms with Crippen molar-refractivity contribution in [3.63, 3.8) is 0 Å². The van der Waals surface area contributed by atoms with Gasteiger partial charge in [-0.15, -0.1) is 12.4 Å². The Bertz CT molecular complexity index is 566. The van der Waals surface area contributed by atoms with Crippen LogP contribution in [0.3, 0.4) is 0 Å². The summed E-state index contributed by atoms with van der Waals surface area (Å²) in [6, 6.07) is -0.308. The fourth-order valence-electron chi connectivity index (χ4n) is 3.09. The third-order valence-electron chi connectivity index (χ3n) is 4.24. The van der Waals surface area contributed by atoms with Gasteiger partial charge in [-0.3, -0.25) is 0 Å². The first-order chi connectivity index (χ1) is 10.6. The maximum Gasteiger partial charge on any atom is 0.416 e. The maximum absolute atomic E-state index is 13.3. The maximum atomic E-state index is 13.3. The number of methoxy groups -OCH3 is 1. The van der Waals surface area contributed by atoms with Gasteiger partial charge in [0.25, 0.3) is 0 Å². The molecule has 2 rings (SSSR count). The summed E-state index contributed by atoms with van der Waals surface area (Å²) in [6.45, 7) is 0. The molecule has 1 aromatic carbocycles. The number of halogens is 7. The summed E-state index contributed by atoms with van der Waals surface area (Å²) in [4.78, 5) is 0. The Labute approximate surface area is 141 Å². The van der Waals surface area contributed by atoms with Crippen molar-refractivity contribution < 1.29 is 31.1 Å².